The number of hydrogen-bond acceptors (Lipinski definition) is 7. The highest BCUT2D eigenvalue weighted by molar-refractivity contribution is 6.08. The molecule has 0 aromatic heterocycles. The molecule has 0 spiro atoms. The molecule has 2 aromatic carbocycles. The summed E-state index contributed by atoms with van der Waals surface area (Å²) in [5, 5.41) is 20.8. The van der Waals surface area contributed by atoms with E-state index in [1.807, 2.05) is 27.7 Å². The first-order chi connectivity index (χ1) is 19.3. The fraction of sp³-hybridized carbons (Fsp3) is 0.484. The van der Waals surface area contributed by atoms with Gasteiger partial charge in [0.2, 0.25) is 0 Å². The summed E-state index contributed by atoms with van der Waals surface area (Å²) in [4.78, 5) is 41.6. The van der Waals surface area contributed by atoms with Crippen molar-refractivity contribution in [2.75, 3.05) is 38.3 Å². The Labute approximate surface area is 241 Å². The van der Waals surface area contributed by atoms with E-state index in [0.717, 1.165) is 36.2 Å². The second-order valence-corrected chi connectivity index (χ2v) is 11.6. The number of Topliss-reactive ketones (excluding diaryl/α,β-unsaturated/α-hetero) is 1. The van der Waals surface area contributed by atoms with Gasteiger partial charge in [-0.05, 0) is 61.9 Å². The summed E-state index contributed by atoms with van der Waals surface area (Å²) in [5.41, 5.74) is 3.30. The zero-order valence-electron chi connectivity index (χ0n) is 24.7. The van der Waals surface area contributed by atoms with Gasteiger partial charge in [0, 0.05) is 42.9 Å². The van der Waals surface area contributed by atoms with E-state index in [9.17, 15) is 19.5 Å². The summed E-state index contributed by atoms with van der Waals surface area (Å²) < 4.78 is 11.6. The van der Waals surface area contributed by atoms with Crippen LogP contribution in [0.15, 0.2) is 24.3 Å². The average Bonchev–Trinajstić information content (AvgIpc) is 3.47. The van der Waals surface area contributed by atoms with Crippen LogP contribution in [0.2, 0.25) is 0 Å². The summed E-state index contributed by atoms with van der Waals surface area (Å²) in [6, 6.07) is 7.26. The van der Waals surface area contributed by atoms with E-state index >= 15 is 0 Å². The number of ketones is 1. The fourth-order valence-corrected chi connectivity index (χ4v) is 5.54. The quantitative estimate of drug-likeness (QED) is 0.366. The van der Waals surface area contributed by atoms with Crippen LogP contribution < -0.4 is 19.7 Å². The van der Waals surface area contributed by atoms with Gasteiger partial charge in [-0.2, -0.15) is 0 Å². The van der Waals surface area contributed by atoms with Crippen molar-refractivity contribution in [3.05, 3.63) is 52.1 Å². The molecule has 1 fully saturated rings. The van der Waals surface area contributed by atoms with E-state index in [1.54, 1.807) is 36.2 Å². The molecule has 2 aliphatic heterocycles. The lowest BCUT2D eigenvalue weighted by atomic mass is 9.84. The van der Waals surface area contributed by atoms with E-state index in [2.05, 4.69) is 17.1 Å². The maximum absolute atomic E-state index is 13.8. The smallest absolute Gasteiger partial charge is 0.341 e. The zero-order chi connectivity index (χ0) is 30.1. The number of nitrogens with zero attached hydrogens (tertiary/aromatic N) is 2. The number of carboxylic acids is 1. The van der Waals surface area contributed by atoms with Crippen LogP contribution in [0.3, 0.4) is 0 Å². The molecule has 0 radical (unpaired) electrons. The Kier molecular flexibility index (Phi) is 8.60. The number of amides is 1. The third-order valence-corrected chi connectivity index (χ3v) is 7.65. The molecule has 10 heteroatoms. The third kappa shape index (κ3) is 6.16. The predicted molar refractivity (Wildman–Crippen MR) is 157 cm³/mol. The number of carbonyl (C=O) groups excluding carboxylic acids is 2. The van der Waals surface area contributed by atoms with E-state index in [-0.39, 0.29) is 30.1 Å². The Morgan fingerprint density at radius 3 is 2.46 bits per heavy atom. The van der Waals surface area contributed by atoms with Crippen LogP contribution in [0, 0.1) is 5.41 Å². The number of benzene rings is 2. The standard InChI is InChI=1S/C31H40N4O6/c1-7-40-26-13-20-15-34(29(32)21(20)14-22(26)30(39)33-6)16-25(36)19-11-23(31(3,4)5)28(41-17-27(37)38)24(12-19)35-10-8-9-18(35)2/h11-14,18,32H,7-10,15-17H2,1-6H3,(H,33,39)(H,37,38). The molecule has 1 amide bonds. The number of fused-ring (bicyclic) bond motifs is 1. The van der Waals surface area contributed by atoms with Crippen molar-refractivity contribution in [3.8, 4) is 11.5 Å². The summed E-state index contributed by atoms with van der Waals surface area (Å²) >= 11 is 0. The lowest BCUT2D eigenvalue weighted by Crippen LogP contribution is -2.32. The number of carbonyl (C=O) groups is 3. The first kappa shape index (κ1) is 29.9. The molecule has 1 saturated heterocycles. The molecule has 2 aliphatic rings. The number of nitrogens with one attached hydrogen (secondary N) is 2. The maximum Gasteiger partial charge on any atom is 0.341 e. The molecular weight excluding hydrogens is 524 g/mol. The Balaban J connectivity index is 1.69. The van der Waals surface area contributed by atoms with Gasteiger partial charge in [-0.25, -0.2) is 4.79 Å². The minimum atomic E-state index is -1.07. The number of hydrogen-bond donors (Lipinski definition) is 3. The van der Waals surface area contributed by atoms with Crippen molar-refractivity contribution >= 4 is 29.2 Å². The van der Waals surface area contributed by atoms with Crippen LogP contribution in [0.25, 0.3) is 0 Å². The monoisotopic (exact) mass is 564 g/mol. The second-order valence-electron chi connectivity index (χ2n) is 11.6. The van der Waals surface area contributed by atoms with Crippen molar-refractivity contribution in [3.63, 3.8) is 0 Å². The van der Waals surface area contributed by atoms with Gasteiger partial charge in [0.05, 0.1) is 24.4 Å². The highest BCUT2D eigenvalue weighted by Crippen LogP contribution is 2.43. The Morgan fingerprint density at radius 2 is 1.88 bits per heavy atom. The summed E-state index contributed by atoms with van der Waals surface area (Å²) in [6.07, 6.45) is 1.99. The minimum absolute atomic E-state index is 0.0271. The van der Waals surface area contributed by atoms with Crippen LogP contribution in [0.1, 0.15) is 84.9 Å². The first-order valence-electron chi connectivity index (χ1n) is 14.0. The molecule has 220 valence electrons. The van der Waals surface area contributed by atoms with Crippen LogP contribution in [0.4, 0.5) is 5.69 Å². The van der Waals surface area contributed by atoms with Gasteiger partial charge in [0.25, 0.3) is 5.91 Å². The lowest BCUT2D eigenvalue weighted by molar-refractivity contribution is -0.139. The number of rotatable bonds is 10. The van der Waals surface area contributed by atoms with Crippen LogP contribution >= 0.6 is 0 Å². The molecule has 0 saturated carbocycles. The zero-order valence-corrected chi connectivity index (χ0v) is 24.7. The molecule has 2 heterocycles. The number of amidine groups is 1. The molecule has 0 bridgehead atoms. The molecule has 10 nitrogen and oxygen atoms in total. The molecule has 2 aromatic rings. The highest BCUT2D eigenvalue weighted by Gasteiger charge is 2.33. The van der Waals surface area contributed by atoms with Gasteiger partial charge in [-0.1, -0.05) is 20.8 Å². The Hall–Kier alpha value is -4.08. The first-order valence-corrected chi connectivity index (χ1v) is 14.0. The van der Waals surface area contributed by atoms with Crippen molar-refractivity contribution in [1.82, 2.24) is 10.2 Å². The van der Waals surface area contributed by atoms with E-state index in [4.69, 9.17) is 14.9 Å². The molecule has 4 rings (SSSR count). The summed E-state index contributed by atoms with van der Waals surface area (Å²) in [5.74, 6) is -0.416. The average molecular weight is 565 g/mol. The van der Waals surface area contributed by atoms with E-state index in [0.29, 0.717) is 41.3 Å². The van der Waals surface area contributed by atoms with E-state index in [1.165, 1.54) is 0 Å². The number of anilines is 1. The molecule has 0 aliphatic carbocycles. The predicted octanol–water partition coefficient (Wildman–Crippen LogP) is 4.22. The van der Waals surface area contributed by atoms with Gasteiger partial charge in [0.1, 0.15) is 17.3 Å². The lowest BCUT2D eigenvalue weighted by Gasteiger charge is -2.31. The summed E-state index contributed by atoms with van der Waals surface area (Å²) in [6.45, 7) is 11.0. The normalized spacial score (nSPS) is 16.5. The maximum atomic E-state index is 13.8. The second kappa shape index (κ2) is 11.8. The van der Waals surface area contributed by atoms with E-state index < -0.39 is 18.0 Å². The van der Waals surface area contributed by atoms with Crippen molar-refractivity contribution in [2.24, 2.45) is 0 Å². The van der Waals surface area contributed by atoms with Crippen molar-refractivity contribution < 1.29 is 29.0 Å². The van der Waals surface area contributed by atoms with Gasteiger partial charge in [0.15, 0.2) is 12.4 Å². The van der Waals surface area contributed by atoms with Crippen LogP contribution in [-0.2, 0) is 16.8 Å². The van der Waals surface area contributed by atoms with Crippen LogP contribution in [0.5, 0.6) is 11.5 Å². The molecule has 1 atom stereocenters. The summed E-state index contributed by atoms with van der Waals surface area (Å²) in [7, 11) is 1.54. The molecule has 1 unspecified atom stereocenters. The number of aliphatic carboxylic acids is 1. The van der Waals surface area contributed by atoms with Crippen molar-refractivity contribution in [1.29, 1.82) is 5.41 Å². The fourth-order valence-electron chi connectivity index (χ4n) is 5.54. The molecular formula is C31H40N4O6. The largest absolute Gasteiger partial charge is 0.493 e. The topological polar surface area (TPSA) is 132 Å². The molecule has 41 heavy (non-hydrogen) atoms. The SMILES string of the molecule is CCOc1cc2c(cc1C(=O)NC)C(=N)N(CC(=O)c1cc(N3CCCC3C)c(OCC(=O)O)c(C(C)(C)C)c1)C2. The van der Waals surface area contributed by atoms with Gasteiger partial charge < -0.3 is 29.7 Å². The van der Waals surface area contributed by atoms with Gasteiger partial charge in [-0.15, -0.1) is 0 Å². The minimum Gasteiger partial charge on any atom is -0.493 e. The number of ether oxygens (including phenoxy) is 2. The Morgan fingerprint density at radius 1 is 1.15 bits per heavy atom. The number of carboxylic acid groups (broad SMARTS) is 1. The third-order valence-electron chi connectivity index (χ3n) is 7.65. The highest BCUT2D eigenvalue weighted by atomic mass is 16.5. The van der Waals surface area contributed by atoms with Gasteiger partial charge in [-0.3, -0.25) is 15.0 Å². The van der Waals surface area contributed by atoms with Crippen LogP contribution in [-0.4, -0.2) is 72.9 Å². The van der Waals surface area contributed by atoms with Gasteiger partial charge >= 0.3 is 5.97 Å². The molecule has 3 N–H and O–H groups in total. The van der Waals surface area contributed by atoms with Crippen molar-refractivity contribution in [2.45, 2.75) is 65.5 Å². The Bertz CT molecular complexity index is 1380.